The van der Waals surface area contributed by atoms with E-state index >= 15 is 0 Å². The molecule has 3 heteroatoms. The normalized spacial score (nSPS) is 15.7. The SMILES string of the molecule is CC1(C)c2ccccc2C2(c3ccccc3Sc3c(-c4ccc(N(c5ccc(-c6ccccc6)cc5)c5ccc6c(c5)oc5ccccc56)cc4)cccc32)c2ccc3ccccc3c21. The van der Waals surface area contributed by atoms with Gasteiger partial charge in [-0.25, -0.2) is 0 Å². The first-order valence-electron chi connectivity index (χ1n) is 22.5. The fraction of sp³-hybridized carbons (Fsp3) is 0.0645. The lowest BCUT2D eigenvalue weighted by molar-refractivity contribution is 0.554. The van der Waals surface area contributed by atoms with Crippen molar-refractivity contribution in [3.05, 3.63) is 258 Å². The summed E-state index contributed by atoms with van der Waals surface area (Å²) in [5.41, 5.74) is 17.2. The first-order chi connectivity index (χ1) is 32.0. The van der Waals surface area contributed by atoms with Crippen molar-refractivity contribution in [1.82, 2.24) is 0 Å². The van der Waals surface area contributed by atoms with Crippen molar-refractivity contribution in [3.8, 4) is 22.3 Å². The molecule has 1 aliphatic carbocycles. The number of hydrogen-bond acceptors (Lipinski definition) is 3. The van der Waals surface area contributed by atoms with Crippen molar-refractivity contribution in [3.63, 3.8) is 0 Å². The van der Waals surface area contributed by atoms with E-state index in [-0.39, 0.29) is 5.41 Å². The van der Waals surface area contributed by atoms with E-state index in [4.69, 9.17) is 4.42 Å². The fourth-order valence-corrected chi connectivity index (χ4v) is 12.6. The summed E-state index contributed by atoms with van der Waals surface area (Å²) in [6.07, 6.45) is 0. The maximum atomic E-state index is 6.44. The Balaban J connectivity index is 0.984. The Morgan fingerprint density at radius 3 is 1.80 bits per heavy atom. The van der Waals surface area contributed by atoms with Crippen LogP contribution in [0.5, 0.6) is 0 Å². The molecule has 13 rings (SSSR count). The standard InChI is InChI=1S/C62H43NOS/c1-61(2)51-21-9-10-22-52(51)62(54-38-31-42-17-6-7-18-47(42)59(54)61)53-23-11-13-26-58(53)65-60-48(20-14-24-55(60)62)43-29-34-45(35-30-43)63(44-32-27-41(28-33-44)40-15-4-3-5-16-40)46-36-37-50-49-19-8-12-25-56(49)64-57(50)39-46/h3-39H,1-2H3. The fourth-order valence-electron chi connectivity index (χ4n) is 11.3. The van der Waals surface area contributed by atoms with Gasteiger partial charge in [0.1, 0.15) is 11.2 Å². The summed E-state index contributed by atoms with van der Waals surface area (Å²) in [6, 6.07) is 82.6. The van der Waals surface area contributed by atoms with Crippen LogP contribution < -0.4 is 4.90 Å². The van der Waals surface area contributed by atoms with Gasteiger partial charge in [0.2, 0.25) is 0 Å². The molecule has 0 N–H and O–H groups in total. The van der Waals surface area contributed by atoms with E-state index in [1.807, 2.05) is 23.9 Å². The Kier molecular flexibility index (Phi) is 8.44. The predicted octanol–water partition coefficient (Wildman–Crippen LogP) is 17.0. The van der Waals surface area contributed by atoms with Gasteiger partial charge in [-0.3, -0.25) is 0 Å². The van der Waals surface area contributed by atoms with Crippen LogP contribution in [-0.4, -0.2) is 0 Å². The van der Waals surface area contributed by atoms with Crippen LogP contribution >= 0.6 is 11.8 Å². The minimum Gasteiger partial charge on any atom is -0.456 e. The highest BCUT2D eigenvalue weighted by molar-refractivity contribution is 7.99. The van der Waals surface area contributed by atoms with Crippen LogP contribution in [0.4, 0.5) is 17.1 Å². The zero-order valence-electron chi connectivity index (χ0n) is 36.1. The Morgan fingerprint density at radius 1 is 0.400 bits per heavy atom. The average Bonchev–Trinajstić information content (AvgIpc) is 3.74. The van der Waals surface area contributed by atoms with Gasteiger partial charge in [0.05, 0.1) is 5.41 Å². The van der Waals surface area contributed by atoms with Gasteiger partial charge in [0.25, 0.3) is 0 Å². The first kappa shape index (κ1) is 37.9. The van der Waals surface area contributed by atoms with Gasteiger partial charge in [-0.15, -0.1) is 0 Å². The summed E-state index contributed by atoms with van der Waals surface area (Å²) >= 11 is 1.91. The average molecular weight is 850 g/mol. The molecular weight excluding hydrogens is 807 g/mol. The quantitative estimate of drug-likeness (QED) is 0.172. The second kappa shape index (κ2) is 14.5. The monoisotopic (exact) mass is 849 g/mol. The van der Waals surface area contributed by atoms with Crippen LogP contribution in [-0.2, 0) is 10.8 Å². The lowest BCUT2D eigenvalue weighted by Crippen LogP contribution is -2.43. The molecular formula is C62H43NOS. The Labute approximate surface area is 383 Å². The molecule has 2 heterocycles. The maximum absolute atomic E-state index is 6.44. The lowest BCUT2D eigenvalue weighted by Gasteiger charge is -2.51. The molecule has 308 valence electrons. The van der Waals surface area contributed by atoms with Crippen LogP contribution in [0.25, 0.3) is 55.0 Å². The summed E-state index contributed by atoms with van der Waals surface area (Å²) in [5.74, 6) is 0. The largest absolute Gasteiger partial charge is 0.456 e. The molecule has 1 aliphatic heterocycles. The van der Waals surface area contributed by atoms with Crippen molar-refractivity contribution in [2.75, 3.05) is 4.90 Å². The number of nitrogens with zero attached hydrogens (tertiary/aromatic N) is 1. The van der Waals surface area contributed by atoms with Crippen molar-refractivity contribution in [1.29, 1.82) is 0 Å². The Morgan fingerprint density at radius 2 is 1.00 bits per heavy atom. The van der Waals surface area contributed by atoms with Crippen molar-refractivity contribution in [2.45, 2.75) is 34.5 Å². The second-order valence-corrected chi connectivity index (χ2v) is 19.0. The predicted molar refractivity (Wildman–Crippen MR) is 271 cm³/mol. The number of furan rings is 1. The molecule has 0 amide bonds. The van der Waals surface area contributed by atoms with E-state index in [1.54, 1.807) is 0 Å². The van der Waals surface area contributed by atoms with Gasteiger partial charge < -0.3 is 9.32 Å². The van der Waals surface area contributed by atoms with Gasteiger partial charge in [-0.2, -0.15) is 0 Å². The maximum Gasteiger partial charge on any atom is 0.137 e. The second-order valence-electron chi connectivity index (χ2n) is 18.0. The van der Waals surface area contributed by atoms with Gasteiger partial charge in [0.15, 0.2) is 0 Å². The van der Waals surface area contributed by atoms with E-state index < -0.39 is 5.41 Å². The molecule has 1 atom stereocenters. The zero-order chi connectivity index (χ0) is 43.3. The highest BCUT2D eigenvalue weighted by Gasteiger charge is 2.53. The number of rotatable bonds is 5. The molecule has 0 fully saturated rings. The highest BCUT2D eigenvalue weighted by Crippen LogP contribution is 2.63. The van der Waals surface area contributed by atoms with Gasteiger partial charge in [-0.05, 0) is 115 Å². The molecule has 10 aromatic carbocycles. The van der Waals surface area contributed by atoms with E-state index in [0.29, 0.717) is 0 Å². The molecule has 65 heavy (non-hydrogen) atoms. The van der Waals surface area contributed by atoms with Crippen LogP contribution in [0.1, 0.15) is 47.2 Å². The molecule has 2 aliphatic rings. The van der Waals surface area contributed by atoms with Crippen LogP contribution in [0.15, 0.2) is 239 Å². The summed E-state index contributed by atoms with van der Waals surface area (Å²) < 4.78 is 6.44. The first-order valence-corrected chi connectivity index (χ1v) is 23.3. The minimum atomic E-state index is -0.517. The molecule has 1 unspecified atom stereocenters. The molecule has 0 bridgehead atoms. The molecule has 0 saturated carbocycles. The molecule has 1 spiro atoms. The third-order valence-corrected chi connectivity index (χ3v) is 15.4. The van der Waals surface area contributed by atoms with E-state index in [9.17, 15) is 0 Å². The number of benzene rings is 10. The van der Waals surface area contributed by atoms with E-state index in [2.05, 4.69) is 231 Å². The summed E-state index contributed by atoms with van der Waals surface area (Å²) in [4.78, 5) is 4.94. The molecule has 1 aromatic heterocycles. The third-order valence-electron chi connectivity index (χ3n) is 14.2. The number of para-hydroxylation sites is 1. The van der Waals surface area contributed by atoms with E-state index in [0.717, 1.165) is 39.0 Å². The van der Waals surface area contributed by atoms with Crippen LogP contribution in [0, 0.1) is 0 Å². The lowest BCUT2D eigenvalue weighted by atomic mass is 9.53. The zero-order valence-corrected chi connectivity index (χ0v) is 36.9. The van der Waals surface area contributed by atoms with Crippen molar-refractivity contribution in [2.24, 2.45) is 0 Å². The van der Waals surface area contributed by atoms with Gasteiger partial charge in [0, 0.05) is 49.1 Å². The number of fused-ring (bicyclic) bond motifs is 13. The highest BCUT2D eigenvalue weighted by atomic mass is 32.2. The van der Waals surface area contributed by atoms with Crippen molar-refractivity contribution >= 4 is 61.5 Å². The van der Waals surface area contributed by atoms with Crippen molar-refractivity contribution < 1.29 is 4.42 Å². The topological polar surface area (TPSA) is 16.4 Å². The third kappa shape index (κ3) is 5.62. The number of hydrogen-bond donors (Lipinski definition) is 0. The molecule has 11 aromatic rings. The van der Waals surface area contributed by atoms with Gasteiger partial charge >= 0.3 is 0 Å². The smallest absolute Gasteiger partial charge is 0.137 e. The minimum absolute atomic E-state index is 0.214. The van der Waals surface area contributed by atoms with Gasteiger partial charge in [-0.1, -0.05) is 195 Å². The molecule has 0 saturated heterocycles. The number of anilines is 3. The summed E-state index contributed by atoms with van der Waals surface area (Å²) in [6.45, 7) is 4.84. The molecule has 2 nitrogen and oxygen atoms in total. The summed E-state index contributed by atoms with van der Waals surface area (Å²) in [5, 5.41) is 4.85. The van der Waals surface area contributed by atoms with Crippen LogP contribution in [0.3, 0.4) is 0 Å². The Bertz CT molecular complexity index is 3660. The van der Waals surface area contributed by atoms with E-state index in [1.165, 1.54) is 76.2 Å². The molecule has 0 radical (unpaired) electrons. The Hall–Kier alpha value is -7.59. The summed E-state index contributed by atoms with van der Waals surface area (Å²) in [7, 11) is 0. The van der Waals surface area contributed by atoms with Crippen LogP contribution in [0.2, 0.25) is 0 Å².